The van der Waals surface area contributed by atoms with E-state index in [2.05, 4.69) is 32.7 Å². The van der Waals surface area contributed by atoms with E-state index in [-0.39, 0.29) is 5.54 Å². The molecule has 0 amide bonds. The van der Waals surface area contributed by atoms with Crippen molar-refractivity contribution < 1.29 is 0 Å². The topological polar surface area (TPSA) is 29.3 Å². The molecule has 0 heterocycles. The second-order valence-corrected chi connectivity index (χ2v) is 4.50. The van der Waals surface area contributed by atoms with Crippen LogP contribution in [0.1, 0.15) is 46.5 Å². The number of rotatable bonds is 7. The molecule has 0 aromatic rings. The lowest BCUT2D eigenvalue weighted by atomic mass is 10.0. The van der Waals surface area contributed by atoms with E-state index in [0.29, 0.717) is 0 Å². The van der Waals surface area contributed by atoms with Gasteiger partial charge in [-0.3, -0.25) is 4.90 Å². The summed E-state index contributed by atoms with van der Waals surface area (Å²) in [7, 11) is 2.17. The van der Waals surface area contributed by atoms with Gasteiger partial charge in [0.05, 0.1) is 0 Å². The van der Waals surface area contributed by atoms with Gasteiger partial charge < -0.3 is 5.73 Å². The second kappa shape index (κ2) is 6.39. The van der Waals surface area contributed by atoms with Crippen LogP contribution < -0.4 is 5.73 Å². The number of nitrogens with zero attached hydrogens (tertiary/aromatic N) is 1. The van der Waals surface area contributed by atoms with Crippen LogP contribution in [0.2, 0.25) is 0 Å². The average Bonchev–Trinajstić information content (AvgIpc) is 2.12. The smallest absolute Gasteiger partial charge is 0.0272 e. The maximum Gasteiger partial charge on any atom is 0.0272 e. The van der Waals surface area contributed by atoms with Gasteiger partial charge in [-0.05, 0) is 33.9 Å². The summed E-state index contributed by atoms with van der Waals surface area (Å²) in [5, 5.41) is 0. The van der Waals surface area contributed by atoms with Gasteiger partial charge in [0.15, 0.2) is 0 Å². The Bertz CT molecular complexity index is 121. The largest absolute Gasteiger partial charge is 0.329 e. The van der Waals surface area contributed by atoms with Crippen molar-refractivity contribution in [3.8, 4) is 0 Å². The summed E-state index contributed by atoms with van der Waals surface area (Å²) >= 11 is 0. The predicted molar refractivity (Wildman–Crippen MR) is 59.9 cm³/mol. The maximum atomic E-state index is 5.70. The van der Waals surface area contributed by atoms with Gasteiger partial charge in [0.25, 0.3) is 0 Å². The Kier molecular flexibility index (Phi) is 6.35. The van der Waals surface area contributed by atoms with E-state index in [1.807, 2.05) is 0 Å². The summed E-state index contributed by atoms with van der Waals surface area (Å²) in [5.41, 5.74) is 5.85. The molecular formula is C11H26N2. The van der Waals surface area contributed by atoms with E-state index in [4.69, 9.17) is 5.73 Å². The van der Waals surface area contributed by atoms with Gasteiger partial charge in [0.1, 0.15) is 0 Å². The Hall–Kier alpha value is -0.0800. The molecule has 0 aromatic heterocycles. The highest BCUT2D eigenvalue weighted by molar-refractivity contribution is 4.79. The van der Waals surface area contributed by atoms with Crippen molar-refractivity contribution in [2.24, 2.45) is 5.73 Å². The molecule has 0 fully saturated rings. The molecule has 0 aliphatic heterocycles. The van der Waals surface area contributed by atoms with Gasteiger partial charge in [-0.15, -0.1) is 0 Å². The molecule has 0 aliphatic carbocycles. The molecule has 0 saturated carbocycles. The predicted octanol–water partition coefficient (Wildman–Crippen LogP) is 2.24. The first-order chi connectivity index (χ1) is 6.04. The fourth-order valence-corrected chi connectivity index (χ4v) is 1.23. The monoisotopic (exact) mass is 186 g/mol. The molecule has 2 N–H and O–H groups in total. The highest BCUT2D eigenvalue weighted by atomic mass is 15.2. The van der Waals surface area contributed by atoms with Gasteiger partial charge in [0, 0.05) is 12.1 Å². The minimum Gasteiger partial charge on any atom is -0.329 e. The van der Waals surface area contributed by atoms with Crippen molar-refractivity contribution >= 4 is 0 Å². The SMILES string of the molecule is CCCCCCN(C)C(C)(C)CN. The molecule has 2 nitrogen and oxygen atoms in total. The highest BCUT2D eigenvalue weighted by Crippen LogP contribution is 2.11. The zero-order valence-electron chi connectivity index (χ0n) is 9.77. The molecule has 0 unspecified atom stereocenters. The zero-order valence-corrected chi connectivity index (χ0v) is 9.77. The summed E-state index contributed by atoms with van der Waals surface area (Å²) < 4.78 is 0. The molecule has 0 radical (unpaired) electrons. The van der Waals surface area contributed by atoms with Crippen LogP contribution in [0.4, 0.5) is 0 Å². The minimum absolute atomic E-state index is 0.159. The lowest BCUT2D eigenvalue weighted by Gasteiger charge is -2.34. The van der Waals surface area contributed by atoms with E-state index in [1.165, 1.54) is 32.2 Å². The quantitative estimate of drug-likeness (QED) is 0.618. The number of nitrogens with two attached hydrogens (primary N) is 1. The molecule has 0 rings (SSSR count). The lowest BCUT2D eigenvalue weighted by molar-refractivity contribution is 0.161. The summed E-state index contributed by atoms with van der Waals surface area (Å²) in [5.74, 6) is 0. The number of hydrogen-bond acceptors (Lipinski definition) is 2. The van der Waals surface area contributed by atoms with Gasteiger partial charge in [-0.1, -0.05) is 26.2 Å². The molecule has 80 valence electrons. The normalized spacial score (nSPS) is 12.5. The highest BCUT2D eigenvalue weighted by Gasteiger charge is 2.20. The molecule has 0 aromatic carbocycles. The van der Waals surface area contributed by atoms with Crippen LogP contribution in [-0.2, 0) is 0 Å². The second-order valence-electron chi connectivity index (χ2n) is 4.50. The molecule has 2 heteroatoms. The Balaban J connectivity index is 3.55. The Morgan fingerprint density at radius 2 is 1.77 bits per heavy atom. The summed E-state index contributed by atoms with van der Waals surface area (Å²) in [6.07, 6.45) is 5.32. The average molecular weight is 186 g/mol. The Morgan fingerprint density at radius 3 is 2.23 bits per heavy atom. The van der Waals surface area contributed by atoms with Crippen LogP contribution in [0.25, 0.3) is 0 Å². The first-order valence-electron chi connectivity index (χ1n) is 5.46. The summed E-state index contributed by atoms with van der Waals surface area (Å²) in [6, 6.07) is 0. The Morgan fingerprint density at radius 1 is 1.15 bits per heavy atom. The zero-order chi connectivity index (χ0) is 10.3. The summed E-state index contributed by atoms with van der Waals surface area (Å²) in [6.45, 7) is 8.55. The van der Waals surface area contributed by atoms with E-state index in [1.54, 1.807) is 0 Å². The summed E-state index contributed by atoms with van der Waals surface area (Å²) in [4.78, 5) is 2.36. The third-order valence-electron chi connectivity index (χ3n) is 2.88. The fourth-order valence-electron chi connectivity index (χ4n) is 1.23. The van der Waals surface area contributed by atoms with Gasteiger partial charge in [0.2, 0.25) is 0 Å². The van der Waals surface area contributed by atoms with Crippen LogP contribution in [-0.4, -0.2) is 30.6 Å². The third-order valence-corrected chi connectivity index (χ3v) is 2.88. The van der Waals surface area contributed by atoms with Crippen LogP contribution in [0, 0.1) is 0 Å². The molecule has 0 atom stereocenters. The first kappa shape index (κ1) is 12.9. The Labute approximate surface area is 83.5 Å². The standard InChI is InChI=1S/C11H26N2/c1-5-6-7-8-9-13(4)11(2,3)10-12/h5-10,12H2,1-4H3. The van der Waals surface area contributed by atoms with Crippen LogP contribution in [0.15, 0.2) is 0 Å². The van der Waals surface area contributed by atoms with Crippen molar-refractivity contribution in [2.45, 2.75) is 52.0 Å². The minimum atomic E-state index is 0.159. The molecule has 0 aliphatic rings. The number of likely N-dealkylation sites (N-methyl/N-ethyl adjacent to an activating group) is 1. The van der Waals surface area contributed by atoms with Crippen molar-refractivity contribution in [3.63, 3.8) is 0 Å². The first-order valence-corrected chi connectivity index (χ1v) is 5.46. The molecular weight excluding hydrogens is 160 g/mol. The van der Waals surface area contributed by atoms with E-state index < -0.39 is 0 Å². The molecule has 0 saturated heterocycles. The van der Waals surface area contributed by atoms with Crippen molar-refractivity contribution in [3.05, 3.63) is 0 Å². The van der Waals surface area contributed by atoms with E-state index in [0.717, 1.165) is 6.54 Å². The fraction of sp³-hybridized carbons (Fsp3) is 1.00. The van der Waals surface area contributed by atoms with Crippen LogP contribution in [0.5, 0.6) is 0 Å². The lowest BCUT2D eigenvalue weighted by Crippen LogP contribution is -2.47. The third kappa shape index (κ3) is 5.27. The molecule has 0 bridgehead atoms. The van der Waals surface area contributed by atoms with Crippen LogP contribution >= 0.6 is 0 Å². The van der Waals surface area contributed by atoms with E-state index in [9.17, 15) is 0 Å². The van der Waals surface area contributed by atoms with Crippen molar-refractivity contribution in [1.82, 2.24) is 4.90 Å². The maximum absolute atomic E-state index is 5.70. The van der Waals surface area contributed by atoms with Crippen LogP contribution in [0.3, 0.4) is 0 Å². The number of hydrogen-bond donors (Lipinski definition) is 1. The van der Waals surface area contributed by atoms with Crippen molar-refractivity contribution in [1.29, 1.82) is 0 Å². The number of unbranched alkanes of at least 4 members (excludes halogenated alkanes) is 3. The van der Waals surface area contributed by atoms with Gasteiger partial charge >= 0.3 is 0 Å². The van der Waals surface area contributed by atoms with Gasteiger partial charge in [-0.25, -0.2) is 0 Å². The molecule has 13 heavy (non-hydrogen) atoms. The van der Waals surface area contributed by atoms with E-state index >= 15 is 0 Å². The molecule has 0 spiro atoms. The van der Waals surface area contributed by atoms with Gasteiger partial charge in [-0.2, -0.15) is 0 Å². The van der Waals surface area contributed by atoms with Crippen molar-refractivity contribution in [2.75, 3.05) is 20.1 Å².